The number of para-hydroxylation sites is 1. The smallest absolute Gasteiger partial charge is 0.255 e. The SMILES string of the molecule is Cc1cc(NC(=O)c2ccc(N)c(C)c2)c2ccccc2n1. The van der Waals surface area contributed by atoms with Crippen molar-refractivity contribution < 1.29 is 4.79 Å². The van der Waals surface area contributed by atoms with Gasteiger partial charge < -0.3 is 11.1 Å². The maximum Gasteiger partial charge on any atom is 0.255 e. The van der Waals surface area contributed by atoms with Gasteiger partial charge in [0.2, 0.25) is 0 Å². The Morgan fingerprint density at radius 2 is 1.86 bits per heavy atom. The van der Waals surface area contributed by atoms with E-state index in [0.29, 0.717) is 11.3 Å². The first-order chi connectivity index (χ1) is 10.5. The molecule has 0 unspecified atom stereocenters. The molecule has 0 radical (unpaired) electrons. The van der Waals surface area contributed by atoms with Crippen LogP contribution in [0.2, 0.25) is 0 Å². The van der Waals surface area contributed by atoms with Gasteiger partial charge in [0.1, 0.15) is 0 Å². The molecule has 3 N–H and O–H groups in total. The molecule has 1 amide bonds. The van der Waals surface area contributed by atoms with Crippen molar-refractivity contribution in [1.29, 1.82) is 0 Å². The van der Waals surface area contributed by atoms with Crippen LogP contribution in [0.15, 0.2) is 48.5 Å². The molecule has 0 aliphatic carbocycles. The molecule has 0 bridgehead atoms. The molecule has 0 spiro atoms. The molecule has 0 saturated heterocycles. The van der Waals surface area contributed by atoms with Crippen molar-refractivity contribution in [1.82, 2.24) is 4.98 Å². The highest BCUT2D eigenvalue weighted by molar-refractivity contribution is 6.08. The third-order valence-corrected chi connectivity index (χ3v) is 3.62. The summed E-state index contributed by atoms with van der Waals surface area (Å²) in [6.45, 7) is 3.80. The van der Waals surface area contributed by atoms with Crippen LogP contribution in [0, 0.1) is 13.8 Å². The lowest BCUT2D eigenvalue weighted by molar-refractivity contribution is 0.102. The van der Waals surface area contributed by atoms with Crippen molar-refractivity contribution in [2.24, 2.45) is 0 Å². The monoisotopic (exact) mass is 291 g/mol. The summed E-state index contributed by atoms with van der Waals surface area (Å²) in [5.41, 5.74) is 10.5. The van der Waals surface area contributed by atoms with Crippen LogP contribution in [0.25, 0.3) is 10.9 Å². The van der Waals surface area contributed by atoms with E-state index in [4.69, 9.17) is 5.73 Å². The number of benzene rings is 2. The Kier molecular flexibility index (Phi) is 3.51. The largest absolute Gasteiger partial charge is 0.399 e. The Morgan fingerprint density at radius 1 is 1.09 bits per heavy atom. The fourth-order valence-electron chi connectivity index (χ4n) is 2.42. The number of fused-ring (bicyclic) bond motifs is 1. The molecule has 4 nitrogen and oxygen atoms in total. The van der Waals surface area contributed by atoms with E-state index in [1.807, 2.05) is 44.2 Å². The summed E-state index contributed by atoms with van der Waals surface area (Å²) in [5.74, 6) is -0.154. The van der Waals surface area contributed by atoms with E-state index in [9.17, 15) is 4.79 Å². The summed E-state index contributed by atoms with van der Waals surface area (Å²) < 4.78 is 0. The number of rotatable bonds is 2. The highest BCUT2D eigenvalue weighted by Crippen LogP contribution is 2.24. The predicted octanol–water partition coefficient (Wildman–Crippen LogP) is 3.69. The molecule has 0 saturated carbocycles. The number of nitrogens with zero attached hydrogens (tertiary/aromatic N) is 1. The van der Waals surface area contributed by atoms with Gasteiger partial charge in [-0.05, 0) is 49.7 Å². The Hall–Kier alpha value is -2.88. The summed E-state index contributed by atoms with van der Waals surface area (Å²) >= 11 is 0. The summed E-state index contributed by atoms with van der Waals surface area (Å²) in [4.78, 5) is 16.9. The van der Waals surface area contributed by atoms with E-state index >= 15 is 0 Å². The topological polar surface area (TPSA) is 68.0 Å². The molecule has 2 aromatic carbocycles. The molecule has 110 valence electrons. The molecule has 1 aromatic heterocycles. The quantitative estimate of drug-likeness (QED) is 0.708. The van der Waals surface area contributed by atoms with Gasteiger partial charge in [0, 0.05) is 22.3 Å². The van der Waals surface area contributed by atoms with Crippen LogP contribution in [0.5, 0.6) is 0 Å². The molecule has 0 atom stereocenters. The Morgan fingerprint density at radius 3 is 2.64 bits per heavy atom. The zero-order valence-electron chi connectivity index (χ0n) is 12.6. The maximum atomic E-state index is 12.5. The van der Waals surface area contributed by atoms with Gasteiger partial charge in [-0.15, -0.1) is 0 Å². The van der Waals surface area contributed by atoms with Crippen LogP contribution >= 0.6 is 0 Å². The first-order valence-corrected chi connectivity index (χ1v) is 7.08. The molecule has 0 fully saturated rings. The first-order valence-electron chi connectivity index (χ1n) is 7.08. The number of nitrogens with two attached hydrogens (primary N) is 1. The van der Waals surface area contributed by atoms with Gasteiger partial charge >= 0.3 is 0 Å². The second-order valence-electron chi connectivity index (χ2n) is 5.35. The number of carbonyl (C=O) groups excluding carboxylic acids is 1. The molecule has 22 heavy (non-hydrogen) atoms. The summed E-state index contributed by atoms with van der Waals surface area (Å²) in [6.07, 6.45) is 0. The normalized spacial score (nSPS) is 10.6. The minimum atomic E-state index is -0.154. The van der Waals surface area contributed by atoms with Crippen molar-refractivity contribution in [3.05, 3.63) is 65.4 Å². The number of nitrogens with one attached hydrogen (secondary N) is 1. The van der Waals surface area contributed by atoms with Crippen LogP contribution in [0.1, 0.15) is 21.6 Å². The molecular weight excluding hydrogens is 274 g/mol. The van der Waals surface area contributed by atoms with Gasteiger partial charge in [0.05, 0.1) is 11.2 Å². The second kappa shape index (κ2) is 5.48. The maximum absolute atomic E-state index is 12.5. The Balaban J connectivity index is 1.99. The lowest BCUT2D eigenvalue weighted by Gasteiger charge is -2.10. The van der Waals surface area contributed by atoms with E-state index in [2.05, 4.69) is 10.3 Å². The highest BCUT2D eigenvalue weighted by Gasteiger charge is 2.10. The number of pyridine rings is 1. The van der Waals surface area contributed by atoms with Gasteiger partial charge in [-0.3, -0.25) is 9.78 Å². The number of carbonyl (C=O) groups is 1. The minimum absolute atomic E-state index is 0.154. The second-order valence-corrected chi connectivity index (χ2v) is 5.35. The number of nitrogen functional groups attached to an aromatic ring is 1. The van der Waals surface area contributed by atoms with E-state index < -0.39 is 0 Å². The Bertz CT molecular complexity index is 871. The molecule has 0 aliphatic heterocycles. The number of aryl methyl sites for hydroxylation is 2. The molecule has 4 heteroatoms. The lowest BCUT2D eigenvalue weighted by Crippen LogP contribution is -2.13. The first kappa shape index (κ1) is 14.1. The van der Waals surface area contributed by atoms with Gasteiger partial charge in [0.25, 0.3) is 5.91 Å². The van der Waals surface area contributed by atoms with Gasteiger partial charge in [0.15, 0.2) is 0 Å². The zero-order valence-corrected chi connectivity index (χ0v) is 12.6. The van der Waals surface area contributed by atoms with E-state index in [0.717, 1.165) is 27.8 Å². The fraction of sp³-hybridized carbons (Fsp3) is 0.111. The van der Waals surface area contributed by atoms with E-state index in [-0.39, 0.29) is 5.91 Å². The Labute approximate surface area is 129 Å². The van der Waals surface area contributed by atoms with Gasteiger partial charge in [-0.25, -0.2) is 0 Å². The molecule has 3 aromatic rings. The number of hydrogen-bond acceptors (Lipinski definition) is 3. The van der Waals surface area contributed by atoms with Crippen molar-refractivity contribution >= 4 is 28.2 Å². The van der Waals surface area contributed by atoms with Crippen molar-refractivity contribution in [2.75, 3.05) is 11.1 Å². The molecule has 3 rings (SSSR count). The molecular formula is C18H17N3O. The van der Waals surface area contributed by atoms with Crippen LogP contribution in [-0.2, 0) is 0 Å². The van der Waals surface area contributed by atoms with E-state index in [1.54, 1.807) is 18.2 Å². The molecule has 0 aliphatic rings. The van der Waals surface area contributed by atoms with Crippen molar-refractivity contribution in [2.45, 2.75) is 13.8 Å². The van der Waals surface area contributed by atoms with Gasteiger partial charge in [-0.2, -0.15) is 0 Å². The third-order valence-electron chi connectivity index (χ3n) is 3.62. The standard InChI is InChI=1S/C18H17N3O/c1-11-9-13(7-8-15(11)19)18(22)21-17-10-12(2)20-16-6-4-3-5-14(16)17/h3-10H,19H2,1-2H3,(H,20,21,22). The third kappa shape index (κ3) is 2.63. The van der Waals surface area contributed by atoms with E-state index in [1.165, 1.54) is 0 Å². The summed E-state index contributed by atoms with van der Waals surface area (Å²) in [5, 5.41) is 3.89. The number of aromatic nitrogens is 1. The zero-order chi connectivity index (χ0) is 15.7. The molecule has 1 heterocycles. The van der Waals surface area contributed by atoms with Crippen LogP contribution < -0.4 is 11.1 Å². The van der Waals surface area contributed by atoms with Crippen molar-refractivity contribution in [3.63, 3.8) is 0 Å². The predicted molar refractivity (Wildman–Crippen MR) is 90.0 cm³/mol. The van der Waals surface area contributed by atoms with Gasteiger partial charge in [-0.1, -0.05) is 18.2 Å². The summed E-state index contributed by atoms with van der Waals surface area (Å²) in [7, 11) is 0. The minimum Gasteiger partial charge on any atom is -0.399 e. The van der Waals surface area contributed by atoms with Crippen LogP contribution in [0.4, 0.5) is 11.4 Å². The van der Waals surface area contributed by atoms with Crippen molar-refractivity contribution in [3.8, 4) is 0 Å². The summed E-state index contributed by atoms with van der Waals surface area (Å²) in [6, 6.07) is 14.9. The highest BCUT2D eigenvalue weighted by atomic mass is 16.1. The fourth-order valence-corrected chi connectivity index (χ4v) is 2.42. The number of hydrogen-bond donors (Lipinski definition) is 2. The number of amides is 1. The average molecular weight is 291 g/mol. The number of anilines is 2. The lowest BCUT2D eigenvalue weighted by atomic mass is 10.1. The van der Waals surface area contributed by atoms with Crippen LogP contribution in [0.3, 0.4) is 0 Å². The average Bonchev–Trinajstić information content (AvgIpc) is 2.49. The van der Waals surface area contributed by atoms with Crippen LogP contribution in [-0.4, -0.2) is 10.9 Å².